The largest absolute Gasteiger partial charge is 0.499 e. The topological polar surface area (TPSA) is 90.4 Å². The molecule has 5 nitrogen and oxygen atoms in total. The van der Waals surface area contributed by atoms with E-state index < -0.39 is 0 Å². The van der Waals surface area contributed by atoms with E-state index in [0.717, 1.165) is 141 Å². The lowest BCUT2D eigenvalue weighted by Gasteiger charge is -2.60. The van der Waals surface area contributed by atoms with Crippen molar-refractivity contribution in [3.05, 3.63) is 24.7 Å². The van der Waals surface area contributed by atoms with Gasteiger partial charge in [-0.25, -0.2) is 0 Å². The van der Waals surface area contributed by atoms with E-state index >= 15 is 0 Å². The van der Waals surface area contributed by atoms with Crippen LogP contribution in [0, 0.1) is 98.1 Å². The van der Waals surface area contributed by atoms with Crippen molar-refractivity contribution < 1.29 is 25.2 Å². The summed E-state index contributed by atoms with van der Waals surface area (Å²) < 4.78 is 10.3. The summed E-state index contributed by atoms with van der Waals surface area (Å²) in [4.78, 5) is 0. The number of unbranched alkanes of at least 4 members (excludes halogenated alkanes) is 1. The van der Waals surface area contributed by atoms with Gasteiger partial charge in [0.25, 0.3) is 0 Å². The van der Waals surface area contributed by atoms with E-state index in [1.54, 1.807) is 64.2 Å². The van der Waals surface area contributed by atoms with Gasteiger partial charge in [0.05, 0.1) is 30.3 Å². The second-order valence-electron chi connectivity index (χ2n) is 29.5. The van der Waals surface area contributed by atoms with E-state index in [4.69, 9.17) is 14.6 Å². The summed E-state index contributed by atoms with van der Waals surface area (Å²) >= 11 is 0. The highest BCUT2D eigenvalue weighted by Gasteiger charge is 2.56. The fourth-order valence-electron chi connectivity index (χ4n) is 15.7. The monoisotopic (exact) mass is 971 g/mol. The fraction of sp³-hybridized carbons (Fsp3) is 0.938. The average Bonchev–Trinajstić information content (AvgIpc) is 3.59. The Bertz CT molecular complexity index is 1380. The van der Waals surface area contributed by atoms with Gasteiger partial charge in [0.15, 0.2) is 0 Å². The van der Waals surface area contributed by atoms with Gasteiger partial charge in [-0.3, -0.25) is 0 Å². The van der Waals surface area contributed by atoms with Crippen LogP contribution in [-0.2, 0) is 9.47 Å². The average molecular weight is 972 g/mol. The Morgan fingerprint density at radius 2 is 0.986 bits per heavy atom. The lowest BCUT2D eigenvalue weighted by molar-refractivity contribution is -0.157. The van der Waals surface area contributed by atoms with Gasteiger partial charge in [-0.05, 0) is 208 Å². The molecule has 69 heavy (non-hydrogen) atoms. The second-order valence-corrected chi connectivity index (χ2v) is 29.5. The van der Waals surface area contributed by atoms with Crippen LogP contribution in [0.25, 0.3) is 0 Å². The van der Waals surface area contributed by atoms with Crippen LogP contribution in [0.1, 0.15) is 259 Å². The second kappa shape index (κ2) is 27.5. The molecule has 2 aliphatic heterocycles. The zero-order valence-corrected chi connectivity index (χ0v) is 49.5. The summed E-state index contributed by atoms with van der Waals surface area (Å²) in [5, 5.41) is 17.3. The molecule has 12 aliphatic carbocycles. The predicted molar refractivity (Wildman–Crippen MR) is 299 cm³/mol. The number of aliphatic hydroxyl groups excluding tert-OH is 1. The van der Waals surface area contributed by atoms with E-state index in [1.165, 1.54) is 38.5 Å². The molecule has 0 radical (unpaired) electrons. The van der Waals surface area contributed by atoms with E-state index in [2.05, 4.69) is 131 Å². The third-order valence-corrected chi connectivity index (χ3v) is 19.0. The minimum Gasteiger partial charge on any atom is -0.499 e. The maximum absolute atomic E-state index is 10.3. The lowest BCUT2D eigenvalue weighted by Crippen LogP contribution is -2.54. The maximum atomic E-state index is 10.3. The quantitative estimate of drug-likeness (QED) is 0.288. The zero-order chi connectivity index (χ0) is 51.5. The Labute approximate surface area is 431 Å². The Hall–Kier alpha value is -1.04. The summed E-state index contributed by atoms with van der Waals surface area (Å²) in [6, 6.07) is 0. The Morgan fingerprint density at radius 1 is 0.609 bits per heavy atom. The van der Waals surface area contributed by atoms with Crippen LogP contribution in [0.5, 0.6) is 0 Å². The Morgan fingerprint density at radius 3 is 1.23 bits per heavy atom. The van der Waals surface area contributed by atoms with Gasteiger partial charge in [-0.15, -0.1) is 0 Å². The number of rotatable bonds is 2. The minimum absolute atomic E-state index is 0. The van der Waals surface area contributed by atoms with Crippen LogP contribution >= 0.6 is 0 Å². The van der Waals surface area contributed by atoms with Gasteiger partial charge in [-0.1, -0.05) is 150 Å². The molecule has 5 heteroatoms. The molecule has 14 rings (SSSR count). The van der Waals surface area contributed by atoms with Crippen molar-refractivity contribution in [1.29, 1.82) is 0 Å². The molecule has 12 bridgehead atoms. The van der Waals surface area contributed by atoms with Crippen molar-refractivity contribution in [1.82, 2.24) is 0 Å². The van der Waals surface area contributed by atoms with Crippen LogP contribution in [0.4, 0.5) is 0 Å². The minimum atomic E-state index is -0.237. The molecule has 0 aromatic heterocycles. The van der Waals surface area contributed by atoms with Gasteiger partial charge in [0, 0.05) is 19.4 Å². The van der Waals surface area contributed by atoms with E-state index in [9.17, 15) is 5.11 Å². The van der Waals surface area contributed by atoms with Crippen LogP contribution in [0.15, 0.2) is 24.7 Å². The lowest BCUT2D eigenvalue weighted by atomic mass is 9.45. The first kappa shape index (κ1) is 64.1. The molecule has 14 aliphatic rings. The Kier molecular flexibility index (Phi) is 25.5. The van der Waals surface area contributed by atoms with Gasteiger partial charge >= 0.3 is 0 Å². The van der Waals surface area contributed by atoms with Crippen LogP contribution < -0.4 is 0 Å². The SMILES string of the molecule is C=C1CC(C)(C)CCO1.C=C1OCCC1C.CC(C)(C)C.CC(C)C.CC1(C)C2CC3CC(C2)CC1C3.CC12CC3CC(C1)CC(O)(C3)C2.CCC1(C)C2CC3CC(C2)CC1C3.CCCC.CO.O. The third-order valence-electron chi connectivity index (χ3n) is 19.0. The third kappa shape index (κ3) is 20.0. The van der Waals surface area contributed by atoms with Crippen LogP contribution in [-0.4, -0.2) is 41.6 Å². The van der Waals surface area contributed by atoms with Crippen LogP contribution in [0.3, 0.4) is 0 Å². The molecule has 12 saturated carbocycles. The van der Waals surface area contributed by atoms with Gasteiger partial charge in [0.2, 0.25) is 0 Å². The zero-order valence-electron chi connectivity index (χ0n) is 49.5. The first-order chi connectivity index (χ1) is 31.5. The molecule has 3 atom stereocenters. The first-order valence-corrected chi connectivity index (χ1v) is 29.3. The Balaban J connectivity index is 0.000000278. The van der Waals surface area contributed by atoms with Crippen molar-refractivity contribution in [3.63, 3.8) is 0 Å². The standard InChI is InChI=1S/C13H22.C12H20.C11H18O.C8H14O.C6H10O.C5H12.2C4H10.CH4O.H2O/c1-3-13(2)11-5-9-4-10(7-11)8-12(13)6-9;1-12(2)10-4-8-3-9(6-10)7-11(12)5-8;1-10-3-8-2-9(4-10)6-11(12,5-8)7-10;1-7-6-8(2,3)4-5-9-7;1-5-3-4-7-6(5)2;1-5(2,3)4;1-4(2)3;1-3-4-2;1-2;/h9-12H,3-8H2,1-2H3;8-11H,3-7H2,1-2H3;8-9,12H,2-7H2,1H3;1,4-6H2,2-3H3;5H,2-4H2,1H3;1-4H3;4H,1-3H3;3-4H2,1-2H3;2H,1H3;1H2. The summed E-state index contributed by atoms with van der Waals surface area (Å²) in [5.41, 5.74) is 2.65. The van der Waals surface area contributed by atoms with Crippen LogP contribution in [0.2, 0.25) is 0 Å². The van der Waals surface area contributed by atoms with Crippen molar-refractivity contribution >= 4 is 0 Å². The first-order valence-electron chi connectivity index (χ1n) is 29.3. The van der Waals surface area contributed by atoms with Gasteiger partial charge < -0.3 is 25.2 Å². The number of allylic oxidation sites excluding steroid dienone is 2. The fourth-order valence-corrected chi connectivity index (χ4v) is 15.7. The van der Waals surface area contributed by atoms with E-state index in [1.807, 2.05) is 0 Å². The molecule has 2 saturated heterocycles. The smallest absolute Gasteiger partial charge is 0.0917 e. The number of ether oxygens (including phenoxy) is 2. The van der Waals surface area contributed by atoms with Gasteiger partial charge in [0.1, 0.15) is 0 Å². The molecule has 408 valence electrons. The normalized spacial score (nSPS) is 39.7. The number of aliphatic hydroxyl groups is 2. The highest BCUT2D eigenvalue weighted by atomic mass is 16.5. The molecule has 0 aromatic rings. The molecule has 4 N–H and O–H groups in total. The molecule has 3 unspecified atom stereocenters. The predicted octanol–water partition coefficient (Wildman–Crippen LogP) is 17.9. The molecule has 0 amide bonds. The maximum Gasteiger partial charge on any atom is 0.0917 e. The molecular weight excluding hydrogens is 849 g/mol. The summed E-state index contributed by atoms with van der Waals surface area (Å²) in [7, 11) is 1.00. The van der Waals surface area contributed by atoms with Crippen molar-refractivity contribution in [2.75, 3.05) is 20.3 Å². The summed E-state index contributed by atoms with van der Waals surface area (Å²) in [6.45, 7) is 47.9. The molecule has 0 spiro atoms. The number of hydrogen-bond acceptors (Lipinski definition) is 4. The van der Waals surface area contributed by atoms with Crippen molar-refractivity contribution in [2.45, 2.75) is 265 Å². The van der Waals surface area contributed by atoms with Gasteiger partial charge in [-0.2, -0.15) is 0 Å². The molecular formula is C64H122O5. The molecule has 0 aromatic carbocycles. The van der Waals surface area contributed by atoms with E-state index in [-0.39, 0.29) is 11.1 Å². The summed E-state index contributed by atoms with van der Waals surface area (Å²) in [5.74, 6) is 14.0. The highest BCUT2D eigenvalue weighted by molar-refractivity contribution is 5.07. The molecule has 2 heterocycles. The number of hydrogen-bond donors (Lipinski definition) is 2. The molecule has 14 fully saturated rings. The highest BCUT2D eigenvalue weighted by Crippen LogP contribution is 2.64. The summed E-state index contributed by atoms with van der Waals surface area (Å²) in [6.07, 6.45) is 30.7. The van der Waals surface area contributed by atoms with Crippen molar-refractivity contribution in [2.24, 2.45) is 98.1 Å². The van der Waals surface area contributed by atoms with E-state index in [0.29, 0.717) is 27.6 Å². The van der Waals surface area contributed by atoms with Crippen molar-refractivity contribution in [3.8, 4) is 0 Å².